The molecule has 0 aliphatic carbocycles. The molecule has 0 radical (unpaired) electrons. The monoisotopic (exact) mass is 551 g/mol. The lowest BCUT2D eigenvalue weighted by atomic mass is 9.84. The third-order valence-corrected chi connectivity index (χ3v) is 8.12. The van der Waals surface area contributed by atoms with Gasteiger partial charge in [-0.25, -0.2) is 13.6 Å². The summed E-state index contributed by atoms with van der Waals surface area (Å²) in [6.45, 7) is 8.17. The molecule has 1 unspecified atom stereocenters. The number of piperidine rings is 1. The van der Waals surface area contributed by atoms with E-state index in [1.54, 1.807) is 38.5 Å². The maximum Gasteiger partial charge on any atom is 0.408 e. The Morgan fingerprint density at radius 1 is 1.05 bits per heavy atom. The van der Waals surface area contributed by atoms with Gasteiger partial charge in [0.1, 0.15) is 0 Å². The van der Waals surface area contributed by atoms with E-state index in [-0.39, 0.29) is 5.56 Å². The van der Waals surface area contributed by atoms with Crippen LogP contribution in [0.25, 0.3) is 0 Å². The molecule has 1 amide bonds. The van der Waals surface area contributed by atoms with Crippen LogP contribution in [0.2, 0.25) is 0 Å². The first-order chi connectivity index (χ1) is 18.9. The van der Waals surface area contributed by atoms with E-state index in [1.165, 1.54) is 11.0 Å². The van der Waals surface area contributed by atoms with Gasteiger partial charge in [0.2, 0.25) is 0 Å². The summed E-state index contributed by atoms with van der Waals surface area (Å²) in [5.74, 6) is -2.00. The van der Waals surface area contributed by atoms with Crippen LogP contribution in [0.1, 0.15) is 67.5 Å². The summed E-state index contributed by atoms with van der Waals surface area (Å²) in [5, 5.41) is 10.1. The molecule has 5 rings (SSSR count). The molecule has 2 aliphatic rings. The molecule has 212 valence electrons. The van der Waals surface area contributed by atoms with E-state index in [0.717, 1.165) is 54.8 Å². The predicted octanol–water partition coefficient (Wildman–Crippen LogP) is 5.55. The van der Waals surface area contributed by atoms with E-state index >= 15 is 0 Å². The Balaban J connectivity index is 1.34. The van der Waals surface area contributed by atoms with Crippen molar-refractivity contribution in [2.75, 3.05) is 13.1 Å². The van der Waals surface area contributed by atoms with Crippen LogP contribution in [0.3, 0.4) is 0 Å². The summed E-state index contributed by atoms with van der Waals surface area (Å²) in [4.78, 5) is 28.2. The van der Waals surface area contributed by atoms with E-state index in [0.29, 0.717) is 24.3 Å². The fourth-order valence-electron chi connectivity index (χ4n) is 6.02. The number of rotatable bonds is 5. The molecule has 1 N–H and O–H groups in total. The van der Waals surface area contributed by atoms with Crippen molar-refractivity contribution in [3.8, 4) is 0 Å². The average Bonchev–Trinajstić information content (AvgIpc) is 3.22. The molecule has 1 atom stereocenters. The van der Waals surface area contributed by atoms with Gasteiger partial charge in [0.05, 0.1) is 18.2 Å². The number of ether oxygens (including phenoxy) is 1. The lowest BCUT2D eigenvalue weighted by Crippen LogP contribution is -2.47. The van der Waals surface area contributed by atoms with Crippen molar-refractivity contribution >= 4 is 6.09 Å². The van der Waals surface area contributed by atoms with E-state index in [1.807, 2.05) is 30.5 Å². The van der Waals surface area contributed by atoms with Crippen LogP contribution in [0.15, 0.2) is 59.5 Å². The Morgan fingerprint density at radius 2 is 1.70 bits per heavy atom. The average molecular weight is 552 g/mol. The van der Waals surface area contributed by atoms with Crippen LogP contribution in [0, 0.1) is 11.6 Å². The summed E-state index contributed by atoms with van der Waals surface area (Å²) in [5.41, 5.74) is 2.95. The van der Waals surface area contributed by atoms with Gasteiger partial charge in [-0.3, -0.25) is 14.6 Å². The van der Waals surface area contributed by atoms with Crippen LogP contribution in [-0.2, 0) is 30.5 Å². The van der Waals surface area contributed by atoms with Crippen molar-refractivity contribution in [3.63, 3.8) is 0 Å². The summed E-state index contributed by atoms with van der Waals surface area (Å²) >= 11 is 0. The number of aromatic nitrogens is 1. The number of fused-ring (bicyclic) bond motifs is 2. The molecule has 1 saturated heterocycles. The first kappa shape index (κ1) is 28.0. The lowest BCUT2D eigenvalue weighted by molar-refractivity contribution is -0.0799. The fourth-order valence-corrected chi connectivity index (χ4v) is 6.02. The minimum atomic E-state index is -1.15. The first-order valence-electron chi connectivity index (χ1n) is 13.5. The third kappa shape index (κ3) is 5.28. The minimum absolute atomic E-state index is 0.0271. The van der Waals surface area contributed by atoms with Crippen LogP contribution >= 0.6 is 0 Å². The number of nitrogens with zero attached hydrogens (tertiary/aromatic N) is 3. The van der Waals surface area contributed by atoms with E-state index in [2.05, 4.69) is 4.90 Å². The molecule has 1 spiro atoms. The number of amides is 1. The molecule has 1 aromatic heterocycles. The van der Waals surface area contributed by atoms with E-state index < -0.39 is 34.9 Å². The number of benzene rings is 2. The van der Waals surface area contributed by atoms with Crippen molar-refractivity contribution in [1.82, 2.24) is 14.4 Å². The van der Waals surface area contributed by atoms with Crippen molar-refractivity contribution in [2.24, 2.45) is 7.05 Å². The zero-order valence-electron chi connectivity index (χ0n) is 23.3. The van der Waals surface area contributed by atoms with Crippen LogP contribution < -0.4 is 5.56 Å². The van der Waals surface area contributed by atoms with Gasteiger partial charge < -0.3 is 14.4 Å². The molecule has 1 fully saturated rings. The zero-order chi connectivity index (χ0) is 28.8. The number of hydrogen-bond donors (Lipinski definition) is 1. The summed E-state index contributed by atoms with van der Waals surface area (Å²) in [7, 11) is 1.75. The van der Waals surface area contributed by atoms with Gasteiger partial charge in [0.15, 0.2) is 11.6 Å². The topological polar surface area (TPSA) is 75.0 Å². The first-order valence-corrected chi connectivity index (χ1v) is 13.5. The number of aryl methyl sites for hydroxylation is 1. The molecule has 7 nitrogen and oxygen atoms in total. The van der Waals surface area contributed by atoms with Gasteiger partial charge in [-0.1, -0.05) is 30.3 Å². The number of carboxylic acid groups (broad SMARTS) is 1. The normalized spacial score (nSPS) is 17.6. The van der Waals surface area contributed by atoms with E-state index in [9.17, 15) is 23.5 Å². The molecular weight excluding hydrogens is 516 g/mol. The summed E-state index contributed by atoms with van der Waals surface area (Å²) < 4.78 is 35.7. The highest BCUT2D eigenvalue weighted by Crippen LogP contribution is 2.43. The number of likely N-dealkylation sites (tertiary alicyclic amines) is 1. The minimum Gasteiger partial charge on any atom is -0.465 e. The Morgan fingerprint density at radius 3 is 2.30 bits per heavy atom. The van der Waals surface area contributed by atoms with Crippen LogP contribution in [0.5, 0.6) is 0 Å². The Hall–Kier alpha value is -3.56. The molecule has 2 aliphatic heterocycles. The SMILES string of the molecule is Cn1cc2c(cc1=O)C1(CCN(Cc3ccc(C(c4ccc(F)c(F)c4)N(C(=O)O)C(C)(C)C)cc3)CC1)OC2. The largest absolute Gasteiger partial charge is 0.465 e. The van der Waals surface area contributed by atoms with Gasteiger partial charge >= 0.3 is 6.09 Å². The molecular formula is C31H35F2N3O4. The quantitative estimate of drug-likeness (QED) is 0.450. The fraction of sp³-hybridized carbons (Fsp3) is 0.419. The zero-order valence-corrected chi connectivity index (χ0v) is 23.3. The van der Waals surface area contributed by atoms with Gasteiger partial charge in [-0.05, 0) is 68.0 Å². The molecule has 9 heteroatoms. The second-order valence-corrected chi connectivity index (χ2v) is 11.9. The number of carbonyl (C=O) groups is 1. The second-order valence-electron chi connectivity index (χ2n) is 11.9. The van der Waals surface area contributed by atoms with Gasteiger partial charge in [0.25, 0.3) is 5.56 Å². The van der Waals surface area contributed by atoms with Crippen molar-refractivity contribution in [1.29, 1.82) is 0 Å². The van der Waals surface area contributed by atoms with Crippen molar-refractivity contribution < 1.29 is 23.4 Å². The molecule has 40 heavy (non-hydrogen) atoms. The maximum absolute atomic E-state index is 14.2. The predicted molar refractivity (Wildman–Crippen MR) is 147 cm³/mol. The van der Waals surface area contributed by atoms with Crippen molar-refractivity contribution in [2.45, 2.75) is 63.9 Å². The second kappa shape index (κ2) is 10.4. The van der Waals surface area contributed by atoms with Gasteiger partial charge in [0, 0.05) is 50.0 Å². The molecule has 3 heterocycles. The molecule has 3 aromatic rings. The highest BCUT2D eigenvalue weighted by molar-refractivity contribution is 5.68. The Bertz CT molecular complexity index is 1470. The molecule has 0 saturated carbocycles. The van der Waals surface area contributed by atoms with E-state index in [4.69, 9.17) is 4.74 Å². The Kier molecular flexibility index (Phi) is 7.31. The van der Waals surface area contributed by atoms with Gasteiger partial charge in [-0.15, -0.1) is 0 Å². The van der Waals surface area contributed by atoms with Crippen LogP contribution in [-0.4, -0.2) is 44.2 Å². The van der Waals surface area contributed by atoms with Gasteiger partial charge in [-0.2, -0.15) is 0 Å². The standard InChI is InChI=1S/C31H35F2N3O4/c1-30(2,3)36(29(38)39)28(22-9-10-25(32)26(33)15-22)21-7-5-20(6-8-21)17-35-13-11-31(12-14-35)24-16-27(37)34(4)18-23(24)19-40-31/h5-10,15-16,18,28H,11-14,17,19H2,1-4H3,(H,38,39). The summed E-state index contributed by atoms with van der Waals surface area (Å²) in [6, 6.07) is 12.1. The lowest BCUT2D eigenvalue weighted by Gasteiger charge is -2.40. The smallest absolute Gasteiger partial charge is 0.408 e. The third-order valence-electron chi connectivity index (χ3n) is 8.12. The highest BCUT2D eigenvalue weighted by Gasteiger charge is 2.43. The highest BCUT2D eigenvalue weighted by atomic mass is 19.2. The maximum atomic E-state index is 14.2. The Labute approximate surface area is 232 Å². The van der Waals surface area contributed by atoms with Crippen molar-refractivity contribution in [3.05, 3.63) is 105 Å². The summed E-state index contributed by atoms with van der Waals surface area (Å²) in [6.07, 6.45) is 2.31. The molecule has 2 aromatic carbocycles. The number of hydrogen-bond acceptors (Lipinski definition) is 4. The number of halogens is 2. The van der Waals surface area contributed by atoms with Crippen LogP contribution in [0.4, 0.5) is 13.6 Å². The number of pyridine rings is 1. The molecule has 0 bridgehead atoms.